The summed E-state index contributed by atoms with van der Waals surface area (Å²) in [6.45, 7) is 6.95. The average molecular weight is 458 g/mol. The number of amides is 1. The SMILES string of the molecule is CC1=CC=C(CNC(=O)c2cc(Cl)c([C@]3(C)CS(=O)(=O)C(C)(C)C(N)=N3)s2)NN1. The van der Waals surface area contributed by atoms with Gasteiger partial charge in [-0.3, -0.25) is 9.79 Å². The van der Waals surface area contributed by atoms with Crippen LogP contribution in [-0.2, 0) is 15.4 Å². The average Bonchev–Trinajstić information content (AvgIpc) is 3.02. The van der Waals surface area contributed by atoms with Crippen molar-refractivity contribution in [1.29, 1.82) is 0 Å². The number of sulfone groups is 1. The maximum absolute atomic E-state index is 12.8. The highest BCUT2D eigenvalue weighted by Crippen LogP contribution is 2.43. The second kappa shape index (κ2) is 7.33. The highest BCUT2D eigenvalue weighted by Gasteiger charge is 2.50. The zero-order valence-corrected chi connectivity index (χ0v) is 19.0. The predicted molar refractivity (Wildman–Crippen MR) is 117 cm³/mol. The Morgan fingerprint density at radius 3 is 2.62 bits per heavy atom. The summed E-state index contributed by atoms with van der Waals surface area (Å²) in [6.07, 6.45) is 3.76. The summed E-state index contributed by atoms with van der Waals surface area (Å²) < 4.78 is 24.3. The highest BCUT2D eigenvalue weighted by atomic mass is 35.5. The molecule has 8 nitrogen and oxygen atoms in total. The van der Waals surface area contributed by atoms with Gasteiger partial charge in [-0.25, -0.2) is 8.42 Å². The van der Waals surface area contributed by atoms with Crippen LogP contribution in [0.25, 0.3) is 0 Å². The minimum absolute atomic E-state index is 0.0351. The van der Waals surface area contributed by atoms with E-state index in [1.165, 1.54) is 19.9 Å². The lowest BCUT2D eigenvalue weighted by atomic mass is 10.0. The number of halogens is 1. The number of hydrazine groups is 1. The van der Waals surface area contributed by atoms with Crippen LogP contribution in [0.15, 0.2) is 34.6 Å². The number of amidine groups is 1. The molecule has 29 heavy (non-hydrogen) atoms. The summed E-state index contributed by atoms with van der Waals surface area (Å²) in [5, 5.41) is 3.11. The van der Waals surface area contributed by atoms with Crippen LogP contribution in [-0.4, -0.2) is 37.2 Å². The number of hydrogen-bond acceptors (Lipinski definition) is 8. The van der Waals surface area contributed by atoms with Crippen molar-refractivity contribution in [2.24, 2.45) is 10.7 Å². The molecule has 0 radical (unpaired) electrons. The van der Waals surface area contributed by atoms with Gasteiger partial charge in [0.25, 0.3) is 5.91 Å². The number of carbonyl (C=O) groups excluding carboxylic acids is 1. The molecule has 0 saturated heterocycles. The summed E-state index contributed by atoms with van der Waals surface area (Å²) in [7, 11) is -3.56. The van der Waals surface area contributed by atoms with Crippen LogP contribution in [0.3, 0.4) is 0 Å². The van der Waals surface area contributed by atoms with Crippen molar-refractivity contribution in [3.05, 3.63) is 44.4 Å². The van der Waals surface area contributed by atoms with E-state index in [0.29, 0.717) is 21.3 Å². The van der Waals surface area contributed by atoms with Gasteiger partial charge in [-0.1, -0.05) is 11.6 Å². The van der Waals surface area contributed by atoms with Gasteiger partial charge in [-0.05, 0) is 45.9 Å². The van der Waals surface area contributed by atoms with Crippen molar-refractivity contribution >= 4 is 44.5 Å². The Hall–Kier alpha value is -2.04. The van der Waals surface area contributed by atoms with Gasteiger partial charge in [0.1, 0.15) is 16.1 Å². The molecular formula is C18H24ClN5O3S2. The number of nitrogens with zero attached hydrogens (tertiary/aromatic N) is 1. The van der Waals surface area contributed by atoms with Gasteiger partial charge in [0, 0.05) is 5.70 Å². The lowest BCUT2D eigenvalue weighted by Crippen LogP contribution is -2.54. The van der Waals surface area contributed by atoms with E-state index in [0.717, 1.165) is 22.7 Å². The number of thiophene rings is 1. The van der Waals surface area contributed by atoms with Crippen LogP contribution < -0.4 is 21.9 Å². The maximum atomic E-state index is 12.8. The van der Waals surface area contributed by atoms with Crippen LogP contribution in [0.2, 0.25) is 5.02 Å². The van der Waals surface area contributed by atoms with Gasteiger partial charge >= 0.3 is 0 Å². The Kier molecular flexibility index (Phi) is 5.48. The van der Waals surface area contributed by atoms with Crippen LogP contribution in [0.5, 0.6) is 0 Å². The van der Waals surface area contributed by atoms with Gasteiger partial charge in [0.2, 0.25) is 0 Å². The molecule has 0 bridgehead atoms. The summed E-state index contributed by atoms with van der Waals surface area (Å²) in [5.41, 5.74) is 12.6. The third kappa shape index (κ3) is 4.01. The third-order valence-electron chi connectivity index (χ3n) is 5.03. The van der Waals surface area contributed by atoms with E-state index in [2.05, 4.69) is 21.2 Å². The molecule has 158 valence electrons. The van der Waals surface area contributed by atoms with Crippen LogP contribution in [0.1, 0.15) is 42.2 Å². The first-order valence-electron chi connectivity index (χ1n) is 8.91. The molecule has 3 rings (SSSR count). The smallest absolute Gasteiger partial charge is 0.261 e. The minimum atomic E-state index is -3.56. The summed E-state index contributed by atoms with van der Waals surface area (Å²) in [5.74, 6) is -0.507. The number of rotatable bonds is 4. The number of allylic oxidation sites excluding steroid dienone is 3. The van der Waals surface area contributed by atoms with Crippen molar-refractivity contribution < 1.29 is 13.2 Å². The van der Waals surface area contributed by atoms with Crippen molar-refractivity contribution in [2.45, 2.75) is 38.0 Å². The van der Waals surface area contributed by atoms with Gasteiger partial charge < -0.3 is 21.9 Å². The largest absolute Gasteiger partial charge is 0.386 e. The van der Waals surface area contributed by atoms with Crippen LogP contribution in [0.4, 0.5) is 0 Å². The number of nitrogens with one attached hydrogen (secondary N) is 3. The summed E-state index contributed by atoms with van der Waals surface area (Å²) in [4.78, 5) is 17.9. The lowest BCUT2D eigenvalue weighted by Gasteiger charge is -2.37. The van der Waals surface area contributed by atoms with E-state index in [1.54, 1.807) is 6.92 Å². The predicted octanol–water partition coefficient (Wildman–Crippen LogP) is 1.81. The van der Waals surface area contributed by atoms with E-state index < -0.39 is 20.1 Å². The van der Waals surface area contributed by atoms with E-state index in [9.17, 15) is 13.2 Å². The maximum Gasteiger partial charge on any atom is 0.261 e. The second-order valence-electron chi connectivity index (χ2n) is 7.80. The molecule has 0 spiro atoms. The second-order valence-corrected chi connectivity index (χ2v) is 11.8. The Morgan fingerprint density at radius 2 is 2.03 bits per heavy atom. The number of hydrogen-bond donors (Lipinski definition) is 4. The van der Waals surface area contributed by atoms with Gasteiger partial charge in [0.15, 0.2) is 9.84 Å². The molecule has 5 N–H and O–H groups in total. The molecule has 1 aromatic rings. The van der Waals surface area contributed by atoms with Crippen molar-refractivity contribution in [1.82, 2.24) is 16.2 Å². The first-order chi connectivity index (χ1) is 13.4. The fourth-order valence-electron chi connectivity index (χ4n) is 2.96. The molecule has 0 aliphatic carbocycles. The van der Waals surface area contributed by atoms with E-state index in [-0.39, 0.29) is 17.5 Å². The normalized spacial score (nSPS) is 25.1. The molecule has 3 heterocycles. The van der Waals surface area contributed by atoms with Gasteiger partial charge in [0.05, 0.1) is 32.8 Å². The standard InChI is InChI=1S/C18H24ClN5O3S2/c1-10-5-6-11(24-23-10)8-21-15(25)13-7-12(19)14(28-13)18(4)9-29(26,27)17(2,3)16(20)22-18/h5-7,23-24H,8-9H2,1-4H3,(H2,20,22)(H,21,25)/t18-/m0/s1. The fourth-order valence-corrected chi connectivity index (χ4v) is 6.27. The third-order valence-corrected chi connectivity index (χ3v) is 9.53. The Bertz CT molecular complexity index is 1060. The Labute approximate surface area is 179 Å². The molecule has 2 aliphatic heterocycles. The number of aliphatic imine (C=N–C) groups is 1. The summed E-state index contributed by atoms with van der Waals surface area (Å²) >= 11 is 7.50. The molecule has 1 aromatic heterocycles. The lowest BCUT2D eigenvalue weighted by molar-refractivity contribution is 0.0960. The molecule has 1 atom stereocenters. The van der Waals surface area contributed by atoms with Gasteiger partial charge in [-0.15, -0.1) is 11.3 Å². The van der Waals surface area contributed by atoms with Crippen molar-refractivity contribution in [2.75, 3.05) is 12.3 Å². The van der Waals surface area contributed by atoms with E-state index in [4.69, 9.17) is 17.3 Å². The molecule has 0 saturated carbocycles. The minimum Gasteiger partial charge on any atom is -0.386 e. The quantitative estimate of drug-likeness (QED) is 0.546. The van der Waals surface area contributed by atoms with Crippen LogP contribution in [0, 0.1) is 0 Å². The molecule has 0 fully saturated rings. The topological polar surface area (TPSA) is 126 Å². The number of carbonyl (C=O) groups is 1. The fraction of sp³-hybridized carbons (Fsp3) is 0.444. The van der Waals surface area contributed by atoms with Gasteiger partial charge in [-0.2, -0.15) is 0 Å². The Morgan fingerprint density at radius 1 is 1.34 bits per heavy atom. The number of nitrogens with two attached hydrogens (primary N) is 1. The molecule has 2 aliphatic rings. The molecule has 11 heteroatoms. The van der Waals surface area contributed by atoms with E-state index >= 15 is 0 Å². The Balaban J connectivity index is 1.83. The zero-order chi connectivity index (χ0) is 21.6. The van der Waals surface area contributed by atoms with Crippen LogP contribution >= 0.6 is 22.9 Å². The molecule has 0 aromatic carbocycles. The molecule has 0 unspecified atom stereocenters. The monoisotopic (exact) mass is 457 g/mol. The van der Waals surface area contributed by atoms with Crippen molar-refractivity contribution in [3.8, 4) is 0 Å². The van der Waals surface area contributed by atoms with E-state index in [1.807, 2.05) is 19.1 Å². The first-order valence-corrected chi connectivity index (χ1v) is 11.8. The first kappa shape index (κ1) is 21.7. The van der Waals surface area contributed by atoms with Crippen molar-refractivity contribution in [3.63, 3.8) is 0 Å². The zero-order valence-electron chi connectivity index (χ0n) is 16.6. The molecular weight excluding hydrogens is 434 g/mol. The highest BCUT2D eigenvalue weighted by molar-refractivity contribution is 7.93. The molecule has 1 amide bonds. The summed E-state index contributed by atoms with van der Waals surface area (Å²) in [6, 6.07) is 1.53.